The van der Waals surface area contributed by atoms with Gasteiger partial charge >= 0.3 is 8.80 Å². The van der Waals surface area contributed by atoms with E-state index >= 15 is 0 Å². The highest BCUT2D eigenvalue weighted by Gasteiger charge is 2.41. The highest BCUT2D eigenvalue weighted by atomic mass is 32.2. The number of carbonyl (C=O) groups is 1. The summed E-state index contributed by atoms with van der Waals surface area (Å²) >= 11 is 1.47. The van der Waals surface area contributed by atoms with Gasteiger partial charge in [-0.05, 0) is 39.2 Å². The van der Waals surface area contributed by atoms with Crippen molar-refractivity contribution in [3.8, 4) is 0 Å². The van der Waals surface area contributed by atoms with Crippen LogP contribution in [-0.4, -0.2) is 105 Å². The van der Waals surface area contributed by atoms with Crippen molar-refractivity contribution in [1.29, 1.82) is 0 Å². The largest absolute Gasteiger partial charge is 0.501 e. The van der Waals surface area contributed by atoms with Crippen LogP contribution in [0, 0.1) is 0 Å². The van der Waals surface area contributed by atoms with E-state index in [-0.39, 0.29) is 6.04 Å². The van der Waals surface area contributed by atoms with Crippen molar-refractivity contribution in [2.75, 3.05) is 85.5 Å². The third-order valence-electron chi connectivity index (χ3n) is 11.3. The molecule has 61 heavy (non-hydrogen) atoms. The molecule has 366 valence electrons. The van der Waals surface area contributed by atoms with Crippen LogP contribution in [0.2, 0.25) is 6.04 Å². The van der Waals surface area contributed by atoms with Crippen LogP contribution in [0.4, 0.5) is 0 Å². The third-order valence-corrected chi connectivity index (χ3v) is 15.2. The lowest BCUT2D eigenvalue weighted by Gasteiger charge is -2.31. The lowest BCUT2D eigenvalue weighted by atomic mass is 10.0. The minimum Gasteiger partial charge on any atom is -0.379 e. The topological polar surface area (TPSA) is 93.7 Å². The average molecular weight is 907 g/mol. The predicted molar refractivity (Wildman–Crippen MR) is 263 cm³/mol. The van der Waals surface area contributed by atoms with Crippen LogP contribution in [0.15, 0.2) is 0 Å². The van der Waals surface area contributed by atoms with Gasteiger partial charge in [0.25, 0.3) is 0 Å². The standard InChI is InChI=1S/C50H103NO8SSi/c1-6-10-14-16-18-20-22-23-24-26-28-30-32-35-50(52)60-46-33-47-61(57-44-42-55-40-38-53-36-12-8-3,58-45-43-56-41-39-54-37-13-9-4)59-48-49(51-5)34-31-29-27-25-21-19-17-15-11-7-2/h49,51H,6-48H2,1-5H3. The lowest BCUT2D eigenvalue weighted by Crippen LogP contribution is -2.50. The van der Waals surface area contributed by atoms with Gasteiger partial charge in [-0.15, -0.1) is 0 Å². The molecule has 0 radical (unpaired) electrons. The quantitative estimate of drug-likeness (QED) is 0.0470. The van der Waals surface area contributed by atoms with Crippen LogP contribution in [0.5, 0.6) is 0 Å². The molecule has 0 aliphatic carbocycles. The second kappa shape index (κ2) is 50.9. The molecule has 0 amide bonds. The molecule has 0 spiro atoms. The molecule has 0 aromatic heterocycles. The van der Waals surface area contributed by atoms with Gasteiger partial charge in [-0.25, -0.2) is 0 Å². The Balaban J connectivity index is 5.08. The molecule has 1 unspecified atom stereocenters. The number of carbonyl (C=O) groups excluding carboxylic acids is 1. The van der Waals surface area contributed by atoms with E-state index in [9.17, 15) is 4.79 Å². The summed E-state index contributed by atoms with van der Waals surface area (Å²) in [6.45, 7) is 14.9. The Bertz CT molecular complexity index is 840. The first-order valence-corrected chi connectivity index (χ1v) is 29.0. The fourth-order valence-electron chi connectivity index (χ4n) is 7.24. The molecule has 0 saturated heterocycles. The van der Waals surface area contributed by atoms with E-state index in [0.717, 1.165) is 70.3 Å². The monoisotopic (exact) mass is 906 g/mol. The molecule has 0 saturated carbocycles. The number of rotatable bonds is 53. The number of hydrogen-bond acceptors (Lipinski definition) is 10. The number of unbranched alkanes of at least 4 members (excludes halogenated alkanes) is 23. The van der Waals surface area contributed by atoms with Crippen LogP contribution in [0.3, 0.4) is 0 Å². The van der Waals surface area contributed by atoms with Crippen LogP contribution in [0.1, 0.15) is 220 Å². The molecule has 0 aliphatic heterocycles. The van der Waals surface area contributed by atoms with E-state index in [1.54, 1.807) is 0 Å². The van der Waals surface area contributed by atoms with Crippen molar-refractivity contribution in [2.45, 2.75) is 232 Å². The van der Waals surface area contributed by atoms with E-state index in [4.69, 9.17) is 32.2 Å². The number of nitrogens with one attached hydrogen (secondary N) is 1. The molecule has 0 aliphatic rings. The van der Waals surface area contributed by atoms with E-state index in [1.165, 1.54) is 147 Å². The Kier molecular flexibility index (Phi) is 50.8. The summed E-state index contributed by atoms with van der Waals surface area (Å²) in [6, 6.07) is 0.874. The van der Waals surface area contributed by atoms with Gasteiger partial charge in [0.2, 0.25) is 0 Å². The maximum atomic E-state index is 12.9. The zero-order chi connectivity index (χ0) is 44.4. The van der Waals surface area contributed by atoms with Crippen LogP contribution in [-0.2, 0) is 37.0 Å². The Hall–Kier alpha value is -0.0831. The van der Waals surface area contributed by atoms with Crippen molar-refractivity contribution in [2.24, 2.45) is 0 Å². The van der Waals surface area contributed by atoms with Crippen LogP contribution in [0.25, 0.3) is 0 Å². The molecule has 9 nitrogen and oxygen atoms in total. The number of likely N-dealkylation sites (N-methyl/N-ethyl adjacent to an activating group) is 1. The normalized spacial score (nSPS) is 12.5. The molecule has 1 N–H and O–H groups in total. The van der Waals surface area contributed by atoms with Gasteiger partial charge in [-0.3, -0.25) is 4.79 Å². The number of ether oxygens (including phenoxy) is 4. The predicted octanol–water partition coefficient (Wildman–Crippen LogP) is 13.7. The van der Waals surface area contributed by atoms with Gasteiger partial charge in [-0.1, -0.05) is 194 Å². The minimum atomic E-state index is -3.15. The molecule has 0 heterocycles. The Morgan fingerprint density at radius 2 is 0.820 bits per heavy atom. The summed E-state index contributed by atoms with van der Waals surface area (Å²) < 4.78 is 43.2. The third kappa shape index (κ3) is 44.9. The average Bonchev–Trinajstić information content (AvgIpc) is 3.27. The Morgan fingerprint density at radius 1 is 0.443 bits per heavy atom. The Morgan fingerprint density at radius 3 is 1.25 bits per heavy atom. The smallest absolute Gasteiger partial charge is 0.379 e. The van der Waals surface area contributed by atoms with E-state index in [2.05, 4.69) is 33.0 Å². The van der Waals surface area contributed by atoms with Gasteiger partial charge in [0.15, 0.2) is 5.12 Å². The Labute approximate surface area is 384 Å². The van der Waals surface area contributed by atoms with Gasteiger partial charge in [0.1, 0.15) is 0 Å². The summed E-state index contributed by atoms with van der Waals surface area (Å²) in [5.41, 5.74) is 0. The zero-order valence-corrected chi connectivity index (χ0v) is 43.0. The highest BCUT2D eigenvalue weighted by molar-refractivity contribution is 8.13. The van der Waals surface area contributed by atoms with E-state index in [0.29, 0.717) is 77.0 Å². The van der Waals surface area contributed by atoms with E-state index in [1.807, 2.05) is 7.05 Å². The van der Waals surface area contributed by atoms with Gasteiger partial charge in [-0.2, -0.15) is 0 Å². The van der Waals surface area contributed by atoms with Crippen molar-refractivity contribution in [3.63, 3.8) is 0 Å². The van der Waals surface area contributed by atoms with Crippen LogP contribution >= 0.6 is 11.8 Å². The number of hydrogen-bond donors (Lipinski definition) is 1. The molecule has 0 fully saturated rings. The summed E-state index contributed by atoms with van der Waals surface area (Å²) in [6.07, 6.45) is 37.3. The summed E-state index contributed by atoms with van der Waals surface area (Å²) in [4.78, 5) is 12.9. The van der Waals surface area contributed by atoms with Crippen molar-refractivity contribution in [1.82, 2.24) is 5.32 Å². The first-order valence-electron chi connectivity index (χ1n) is 26.1. The molecule has 0 rings (SSSR count). The molecule has 0 aromatic carbocycles. The summed E-state index contributed by atoms with van der Waals surface area (Å²) in [5.74, 6) is 0.743. The molecular weight excluding hydrogens is 803 g/mol. The SMILES string of the molecule is CCCCCCCCCCCCCCCC(=O)SCCC[Si](OCCOCCOCCCC)(OCCOCCOCCCC)OCC(CCCCCCCCCCCC)NC. The van der Waals surface area contributed by atoms with Crippen molar-refractivity contribution in [3.05, 3.63) is 0 Å². The first-order chi connectivity index (χ1) is 30.1. The van der Waals surface area contributed by atoms with Gasteiger partial charge in [0, 0.05) is 37.5 Å². The van der Waals surface area contributed by atoms with Gasteiger partial charge in [0.05, 0.1) is 59.5 Å². The van der Waals surface area contributed by atoms with Crippen LogP contribution < -0.4 is 5.32 Å². The van der Waals surface area contributed by atoms with Gasteiger partial charge < -0.3 is 37.5 Å². The van der Waals surface area contributed by atoms with Crippen molar-refractivity contribution >= 4 is 25.7 Å². The molecule has 11 heteroatoms. The molecule has 1 atom stereocenters. The minimum absolute atomic E-state index is 0.220. The summed E-state index contributed by atoms with van der Waals surface area (Å²) in [7, 11) is -1.12. The summed E-state index contributed by atoms with van der Waals surface area (Å²) in [5, 5.41) is 3.81. The highest BCUT2D eigenvalue weighted by Crippen LogP contribution is 2.23. The fourth-order valence-corrected chi connectivity index (χ4v) is 10.8. The number of thioether (sulfide) groups is 1. The fraction of sp³-hybridized carbons (Fsp3) is 0.980. The second-order valence-corrected chi connectivity index (χ2v) is 21.0. The molecular formula is C50H103NO8SSi. The maximum absolute atomic E-state index is 12.9. The zero-order valence-electron chi connectivity index (χ0n) is 41.2. The lowest BCUT2D eigenvalue weighted by molar-refractivity contribution is -0.111. The molecule has 0 bridgehead atoms. The maximum Gasteiger partial charge on any atom is 0.501 e. The molecule has 0 aromatic rings. The first kappa shape index (κ1) is 60.9. The van der Waals surface area contributed by atoms with E-state index < -0.39 is 8.80 Å². The second-order valence-electron chi connectivity index (χ2n) is 17.1. The van der Waals surface area contributed by atoms with Crippen molar-refractivity contribution < 1.29 is 37.0 Å².